The topological polar surface area (TPSA) is 67.2 Å². The standard InChI is InChI=1S/C9H13N3O2/c1-12-7(4-5-10-12)9(14)11-6-2-3-8(6)13/h4-6,8,13H,2-3H2,1H3,(H,11,14)/t6-,8-/m1/s1. The summed E-state index contributed by atoms with van der Waals surface area (Å²) in [5.41, 5.74) is 0.518. The summed E-state index contributed by atoms with van der Waals surface area (Å²) in [5, 5.41) is 15.9. The van der Waals surface area contributed by atoms with Crippen LogP contribution in [0.5, 0.6) is 0 Å². The van der Waals surface area contributed by atoms with Crippen LogP contribution in [0.15, 0.2) is 12.3 Å². The lowest BCUT2D eigenvalue weighted by Gasteiger charge is -2.32. The van der Waals surface area contributed by atoms with Gasteiger partial charge in [0.15, 0.2) is 0 Å². The van der Waals surface area contributed by atoms with Crippen molar-refractivity contribution in [2.75, 3.05) is 0 Å². The smallest absolute Gasteiger partial charge is 0.269 e. The van der Waals surface area contributed by atoms with Gasteiger partial charge in [0, 0.05) is 13.2 Å². The average Bonchev–Trinajstić information content (AvgIpc) is 2.58. The Morgan fingerprint density at radius 3 is 2.93 bits per heavy atom. The number of nitrogens with zero attached hydrogens (tertiary/aromatic N) is 2. The predicted molar refractivity (Wildman–Crippen MR) is 49.7 cm³/mol. The van der Waals surface area contributed by atoms with E-state index in [4.69, 9.17) is 0 Å². The lowest BCUT2D eigenvalue weighted by Crippen LogP contribution is -2.50. The van der Waals surface area contributed by atoms with Gasteiger partial charge in [0.1, 0.15) is 5.69 Å². The van der Waals surface area contributed by atoms with Crippen LogP contribution in [0.2, 0.25) is 0 Å². The lowest BCUT2D eigenvalue weighted by molar-refractivity contribution is 0.0444. The van der Waals surface area contributed by atoms with Crippen molar-refractivity contribution in [3.05, 3.63) is 18.0 Å². The van der Waals surface area contributed by atoms with Gasteiger partial charge >= 0.3 is 0 Å². The fraction of sp³-hybridized carbons (Fsp3) is 0.556. The molecule has 0 radical (unpaired) electrons. The van der Waals surface area contributed by atoms with Crippen molar-refractivity contribution in [1.82, 2.24) is 15.1 Å². The minimum Gasteiger partial charge on any atom is -0.391 e. The normalized spacial score (nSPS) is 25.6. The number of amides is 1. The van der Waals surface area contributed by atoms with Gasteiger partial charge in [-0.15, -0.1) is 0 Å². The fourth-order valence-electron chi connectivity index (χ4n) is 1.49. The molecule has 1 aliphatic rings. The van der Waals surface area contributed by atoms with E-state index in [1.165, 1.54) is 4.68 Å². The van der Waals surface area contributed by atoms with Gasteiger partial charge in [-0.25, -0.2) is 0 Å². The van der Waals surface area contributed by atoms with E-state index in [0.717, 1.165) is 12.8 Å². The van der Waals surface area contributed by atoms with Gasteiger partial charge < -0.3 is 10.4 Å². The fourth-order valence-corrected chi connectivity index (χ4v) is 1.49. The molecule has 2 rings (SSSR count). The zero-order valence-corrected chi connectivity index (χ0v) is 7.97. The number of aliphatic hydroxyl groups is 1. The van der Waals surface area contributed by atoms with Crippen LogP contribution in [0.1, 0.15) is 23.3 Å². The molecule has 0 aromatic carbocycles. The molecule has 5 nitrogen and oxygen atoms in total. The molecule has 2 N–H and O–H groups in total. The van der Waals surface area contributed by atoms with Crippen molar-refractivity contribution in [3.63, 3.8) is 0 Å². The molecule has 0 saturated heterocycles. The molecule has 76 valence electrons. The molecule has 0 aliphatic heterocycles. The highest BCUT2D eigenvalue weighted by atomic mass is 16.3. The largest absolute Gasteiger partial charge is 0.391 e. The summed E-state index contributed by atoms with van der Waals surface area (Å²) in [6.45, 7) is 0. The first kappa shape index (κ1) is 9.21. The Kier molecular flexibility index (Phi) is 2.25. The minimum atomic E-state index is -0.382. The molecular weight excluding hydrogens is 182 g/mol. The van der Waals surface area contributed by atoms with Crippen molar-refractivity contribution in [2.45, 2.75) is 25.0 Å². The van der Waals surface area contributed by atoms with Gasteiger partial charge in [0.05, 0.1) is 12.1 Å². The third-order valence-electron chi connectivity index (χ3n) is 2.61. The van der Waals surface area contributed by atoms with Crippen LogP contribution in [0.25, 0.3) is 0 Å². The van der Waals surface area contributed by atoms with E-state index in [2.05, 4.69) is 10.4 Å². The molecule has 0 spiro atoms. The Bertz CT molecular complexity index is 348. The summed E-state index contributed by atoms with van der Waals surface area (Å²) in [6.07, 6.45) is 2.82. The lowest BCUT2D eigenvalue weighted by atomic mass is 9.89. The minimum absolute atomic E-state index is 0.0857. The van der Waals surface area contributed by atoms with E-state index >= 15 is 0 Å². The van der Waals surface area contributed by atoms with Gasteiger partial charge in [-0.2, -0.15) is 5.10 Å². The molecule has 1 heterocycles. The van der Waals surface area contributed by atoms with E-state index < -0.39 is 0 Å². The second-order valence-electron chi connectivity index (χ2n) is 3.56. The van der Waals surface area contributed by atoms with Crippen molar-refractivity contribution in [3.8, 4) is 0 Å². The van der Waals surface area contributed by atoms with Gasteiger partial charge in [0.25, 0.3) is 5.91 Å². The van der Waals surface area contributed by atoms with E-state index in [-0.39, 0.29) is 18.1 Å². The number of carbonyl (C=O) groups is 1. The monoisotopic (exact) mass is 195 g/mol. The molecule has 1 aliphatic carbocycles. The van der Waals surface area contributed by atoms with Crippen molar-refractivity contribution < 1.29 is 9.90 Å². The molecule has 0 unspecified atom stereocenters. The molecule has 1 aromatic heterocycles. The number of aromatic nitrogens is 2. The second-order valence-corrected chi connectivity index (χ2v) is 3.56. The van der Waals surface area contributed by atoms with E-state index in [1.807, 2.05) is 0 Å². The Hall–Kier alpha value is -1.36. The SMILES string of the molecule is Cn1nccc1C(=O)N[C@@H]1CC[C@H]1O. The van der Waals surface area contributed by atoms with Gasteiger partial charge in [-0.05, 0) is 18.9 Å². The Morgan fingerprint density at radius 1 is 1.71 bits per heavy atom. The van der Waals surface area contributed by atoms with Crippen molar-refractivity contribution in [2.24, 2.45) is 7.05 Å². The third kappa shape index (κ3) is 1.50. The van der Waals surface area contributed by atoms with Crippen LogP contribution in [0.3, 0.4) is 0 Å². The van der Waals surface area contributed by atoms with E-state index in [1.54, 1.807) is 19.3 Å². The molecule has 0 bridgehead atoms. The number of rotatable bonds is 2. The van der Waals surface area contributed by atoms with E-state index in [0.29, 0.717) is 5.69 Å². The third-order valence-corrected chi connectivity index (χ3v) is 2.61. The van der Waals surface area contributed by atoms with Crippen molar-refractivity contribution in [1.29, 1.82) is 0 Å². The summed E-state index contributed by atoms with van der Waals surface area (Å²) >= 11 is 0. The first-order valence-corrected chi connectivity index (χ1v) is 4.65. The second kappa shape index (κ2) is 3.42. The first-order chi connectivity index (χ1) is 6.68. The highest BCUT2D eigenvalue weighted by Gasteiger charge is 2.30. The summed E-state index contributed by atoms with van der Waals surface area (Å²) in [5.74, 6) is -0.172. The molecular formula is C9H13N3O2. The molecule has 14 heavy (non-hydrogen) atoms. The van der Waals surface area contributed by atoms with Crippen molar-refractivity contribution >= 4 is 5.91 Å². The number of aryl methyl sites for hydroxylation is 1. The van der Waals surface area contributed by atoms with Crippen LogP contribution >= 0.6 is 0 Å². The number of carbonyl (C=O) groups excluding carboxylic acids is 1. The average molecular weight is 195 g/mol. The molecule has 1 amide bonds. The van der Waals surface area contributed by atoms with Crippen LogP contribution in [-0.4, -0.2) is 32.9 Å². The van der Waals surface area contributed by atoms with Gasteiger partial charge in [-0.3, -0.25) is 9.48 Å². The summed E-state index contributed by atoms with van der Waals surface area (Å²) in [7, 11) is 1.71. The maximum absolute atomic E-state index is 11.6. The van der Waals surface area contributed by atoms with Crippen LogP contribution in [0, 0.1) is 0 Å². The molecule has 1 fully saturated rings. The molecule has 5 heteroatoms. The number of aliphatic hydroxyl groups excluding tert-OH is 1. The summed E-state index contributed by atoms with van der Waals surface area (Å²) in [4.78, 5) is 11.6. The number of nitrogens with one attached hydrogen (secondary N) is 1. The van der Waals surface area contributed by atoms with Crippen LogP contribution in [0.4, 0.5) is 0 Å². The Morgan fingerprint density at radius 2 is 2.50 bits per heavy atom. The number of hydrogen-bond acceptors (Lipinski definition) is 3. The maximum atomic E-state index is 11.6. The summed E-state index contributed by atoms with van der Waals surface area (Å²) in [6, 6.07) is 1.57. The zero-order chi connectivity index (χ0) is 10.1. The maximum Gasteiger partial charge on any atom is 0.269 e. The van der Waals surface area contributed by atoms with Gasteiger partial charge in [0.2, 0.25) is 0 Å². The molecule has 1 aromatic rings. The quantitative estimate of drug-likeness (QED) is 0.679. The number of hydrogen-bond donors (Lipinski definition) is 2. The molecule has 2 atom stereocenters. The zero-order valence-electron chi connectivity index (χ0n) is 7.97. The van der Waals surface area contributed by atoms with E-state index in [9.17, 15) is 9.90 Å². The molecule has 1 saturated carbocycles. The van der Waals surface area contributed by atoms with Gasteiger partial charge in [-0.1, -0.05) is 0 Å². The highest BCUT2D eigenvalue weighted by Crippen LogP contribution is 2.19. The van der Waals surface area contributed by atoms with Crippen LogP contribution < -0.4 is 5.32 Å². The van der Waals surface area contributed by atoms with Crippen LogP contribution in [-0.2, 0) is 7.05 Å². The summed E-state index contributed by atoms with van der Waals surface area (Å²) < 4.78 is 1.51. The predicted octanol–water partition coefficient (Wildman–Crippen LogP) is -0.327. The Balaban J connectivity index is 1.99. The highest BCUT2D eigenvalue weighted by molar-refractivity contribution is 5.92. The first-order valence-electron chi connectivity index (χ1n) is 4.65. The Labute approximate surface area is 81.7 Å².